The van der Waals surface area contributed by atoms with Gasteiger partial charge in [-0.05, 0) is 73.4 Å². The molecular formula is C27H30N4O4. The van der Waals surface area contributed by atoms with Crippen LogP contribution in [0.5, 0.6) is 0 Å². The van der Waals surface area contributed by atoms with Crippen LogP contribution in [0.3, 0.4) is 0 Å². The Hall–Kier alpha value is -3.86. The summed E-state index contributed by atoms with van der Waals surface area (Å²) in [5, 5.41) is 14.5. The molecule has 1 unspecified atom stereocenters. The normalized spacial score (nSPS) is 21.3. The number of carbonyl (C=O) groups excluding carboxylic acids is 3. The average Bonchev–Trinajstić information content (AvgIpc) is 2.89. The lowest BCUT2D eigenvalue weighted by molar-refractivity contribution is -0.144. The van der Waals surface area contributed by atoms with Crippen molar-refractivity contribution >= 4 is 29.3 Å². The SMILES string of the molecule is COC(=O)Nc1ccc(NC(=O)C2c3ccccc3CCN2C(=O)C2CCC(CC#N)CC2)cc1. The van der Waals surface area contributed by atoms with Gasteiger partial charge in [-0.25, -0.2) is 4.79 Å². The fourth-order valence-electron chi connectivity index (χ4n) is 5.08. The van der Waals surface area contributed by atoms with Gasteiger partial charge in [0, 0.05) is 30.3 Å². The van der Waals surface area contributed by atoms with Gasteiger partial charge in [0.25, 0.3) is 5.91 Å². The number of methoxy groups -OCH3 is 1. The van der Waals surface area contributed by atoms with E-state index in [0.29, 0.717) is 36.7 Å². The Labute approximate surface area is 205 Å². The average molecular weight is 475 g/mol. The molecule has 2 aromatic carbocycles. The van der Waals surface area contributed by atoms with Crippen LogP contribution in [0, 0.1) is 23.2 Å². The van der Waals surface area contributed by atoms with Crippen molar-refractivity contribution in [1.82, 2.24) is 4.90 Å². The Morgan fingerprint density at radius 3 is 2.31 bits per heavy atom. The van der Waals surface area contributed by atoms with Gasteiger partial charge in [-0.2, -0.15) is 5.26 Å². The molecule has 3 amide bonds. The van der Waals surface area contributed by atoms with Crippen molar-refractivity contribution in [2.45, 2.75) is 44.6 Å². The zero-order valence-corrected chi connectivity index (χ0v) is 19.8. The van der Waals surface area contributed by atoms with E-state index in [9.17, 15) is 14.4 Å². The molecule has 2 aliphatic rings. The number of amides is 3. The summed E-state index contributed by atoms with van der Waals surface area (Å²) in [6.45, 7) is 0.494. The molecule has 4 rings (SSSR count). The Morgan fingerprint density at radius 1 is 1.00 bits per heavy atom. The number of hydrogen-bond donors (Lipinski definition) is 2. The molecule has 8 nitrogen and oxygen atoms in total. The van der Waals surface area contributed by atoms with E-state index in [2.05, 4.69) is 21.4 Å². The van der Waals surface area contributed by atoms with E-state index < -0.39 is 12.1 Å². The van der Waals surface area contributed by atoms with Gasteiger partial charge in [0.15, 0.2) is 0 Å². The number of hydrogen-bond acceptors (Lipinski definition) is 5. The van der Waals surface area contributed by atoms with E-state index in [4.69, 9.17) is 5.26 Å². The number of nitriles is 1. The molecule has 35 heavy (non-hydrogen) atoms. The highest BCUT2D eigenvalue weighted by Gasteiger charge is 2.39. The summed E-state index contributed by atoms with van der Waals surface area (Å²) in [7, 11) is 1.29. The van der Waals surface area contributed by atoms with Crippen LogP contribution in [0.15, 0.2) is 48.5 Å². The molecule has 0 bridgehead atoms. The molecule has 0 radical (unpaired) electrons. The molecule has 1 fully saturated rings. The maximum absolute atomic E-state index is 13.6. The molecule has 2 aromatic rings. The molecule has 0 aromatic heterocycles. The number of ether oxygens (including phenoxy) is 1. The smallest absolute Gasteiger partial charge is 0.411 e. The zero-order chi connectivity index (χ0) is 24.8. The topological polar surface area (TPSA) is 112 Å². The third kappa shape index (κ3) is 5.62. The fraction of sp³-hybridized carbons (Fsp3) is 0.407. The summed E-state index contributed by atoms with van der Waals surface area (Å²) in [5.74, 6) is 0.00101. The maximum atomic E-state index is 13.6. The summed E-state index contributed by atoms with van der Waals surface area (Å²) < 4.78 is 4.59. The molecule has 1 heterocycles. The Bertz CT molecular complexity index is 1120. The first-order valence-corrected chi connectivity index (χ1v) is 12.0. The number of benzene rings is 2. The van der Waals surface area contributed by atoms with Crippen molar-refractivity contribution in [3.63, 3.8) is 0 Å². The van der Waals surface area contributed by atoms with Gasteiger partial charge in [-0.1, -0.05) is 24.3 Å². The number of nitrogens with one attached hydrogen (secondary N) is 2. The second-order valence-electron chi connectivity index (χ2n) is 9.15. The molecule has 2 N–H and O–H groups in total. The fourth-order valence-corrected chi connectivity index (χ4v) is 5.08. The standard InChI is InChI=1S/C27H30N4O4/c1-35-27(34)30-22-12-10-21(11-13-22)29-25(32)24-23-5-3-2-4-19(23)15-17-31(24)26(33)20-8-6-18(7-9-20)14-16-28/h2-5,10-13,18,20,24H,6-9,14-15,17H2,1H3,(H,29,32)(H,30,34). The minimum absolute atomic E-state index is 0.0210. The molecule has 1 atom stereocenters. The Kier molecular flexibility index (Phi) is 7.66. The van der Waals surface area contributed by atoms with Gasteiger partial charge < -0.3 is 15.0 Å². The summed E-state index contributed by atoms with van der Waals surface area (Å²) in [6.07, 6.45) is 3.93. The second kappa shape index (κ2) is 11.0. The van der Waals surface area contributed by atoms with Crippen LogP contribution < -0.4 is 10.6 Å². The van der Waals surface area contributed by atoms with Crippen LogP contribution >= 0.6 is 0 Å². The predicted octanol–water partition coefficient (Wildman–Crippen LogP) is 4.65. The van der Waals surface area contributed by atoms with Crippen LogP contribution in [0.25, 0.3) is 0 Å². The van der Waals surface area contributed by atoms with Crippen LogP contribution in [0.1, 0.15) is 49.3 Å². The van der Waals surface area contributed by atoms with E-state index in [1.807, 2.05) is 24.3 Å². The predicted molar refractivity (Wildman–Crippen MR) is 131 cm³/mol. The van der Waals surface area contributed by atoms with Gasteiger partial charge in [0.2, 0.25) is 5.91 Å². The summed E-state index contributed by atoms with van der Waals surface area (Å²) >= 11 is 0. The first-order valence-electron chi connectivity index (χ1n) is 12.0. The number of fused-ring (bicyclic) bond motifs is 1. The van der Waals surface area contributed by atoms with Gasteiger partial charge in [0.05, 0.1) is 13.2 Å². The molecular weight excluding hydrogens is 444 g/mol. The maximum Gasteiger partial charge on any atom is 0.411 e. The van der Waals surface area contributed by atoms with Gasteiger partial charge in [-0.3, -0.25) is 14.9 Å². The van der Waals surface area contributed by atoms with E-state index >= 15 is 0 Å². The van der Waals surface area contributed by atoms with Crippen LogP contribution in [0.4, 0.5) is 16.2 Å². The van der Waals surface area contributed by atoms with E-state index in [-0.39, 0.29) is 17.7 Å². The first-order chi connectivity index (χ1) is 17.0. The van der Waals surface area contributed by atoms with Crippen molar-refractivity contribution in [3.8, 4) is 6.07 Å². The number of rotatable bonds is 5. The van der Waals surface area contributed by atoms with Gasteiger partial charge >= 0.3 is 6.09 Å². The molecule has 8 heteroatoms. The largest absolute Gasteiger partial charge is 0.453 e. The second-order valence-corrected chi connectivity index (χ2v) is 9.15. The van der Waals surface area contributed by atoms with Crippen molar-refractivity contribution in [1.29, 1.82) is 5.26 Å². The highest BCUT2D eigenvalue weighted by molar-refractivity contribution is 5.99. The highest BCUT2D eigenvalue weighted by atomic mass is 16.5. The Morgan fingerprint density at radius 2 is 1.66 bits per heavy atom. The molecule has 0 spiro atoms. The lowest BCUT2D eigenvalue weighted by atomic mass is 9.79. The van der Waals surface area contributed by atoms with Crippen LogP contribution in [0.2, 0.25) is 0 Å². The van der Waals surface area contributed by atoms with Crippen molar-refractivity contribution in [3.05, 3.63) is 59.7 Å². The summed E-state index contributed by atoms with van der Waals surface area (Å²) in [5.41, 5.74) is 3.04. The molecule has 1 saturated carbocycles. The third-order valence-electron chi connectivity index (χ3n) is 6.98. The molecule has 1 aliphatic heterocycles. The van der Waals surface area contributed by atoms with Crippen molar-refractivity contribution in [2.75, 3.05) is 24.3 Å². The van der Waals surface area contributed by atoms with Crippen LogP contribution in [-0.4, -0.2) is 36.5 Å². The first kappa shape index (κ1) is 24.3. The molecule has 182 valence electrons. The quantitative estimate of drug-likeness (QED) is 0.655. The molecule has 1 aliphatic carbocycles. The summed E-state index contributed by atoms with van der Waals surface area (Å²) in [4.78, 5) is 40.3. The van der Waals surface area contributed by atoms with E-state index in [0.717, 1.165) is 36.8 Å². The number of carbonyl (C=O) groups is 3. The van der Waals surface area contributed by atoms with Gasteiger partial charge in [-0.15, -0.1) is 0 Å². The van der Waals surface area contributed by atoms with Crippen LogP contribution in [-0.2, 0) is 20.7 Å². The lowest BCUT2D eigenvalue weighted by Gasteiger charge is -2.39. The number of nitrogens with zero attached hydrogens (tertiary/aromatic N) is 2. The molecule has 0 saturated heterocycles. The highest BCUT2D eigenvalue weighted by Crippen LogP contribution is 2.36. The van der Waals surface area contributed by atoms with Crippen molar-refractivity contribution in [2.24, 2.45) is 11.8 Å². The minimum atomic E-state index is -0.711. The lowest BCUT2D eigenvalue weighted by Crippen LogP contribution is -2.48. The number of anilines is 2. The Balaban J connectivity index is 1.51. The monoisotopic (exact) mass is 474 g/mol. The summed E-state index contributed by atoms with van der Waals surface area (Å²) in [6, 6.07) is 16.0. The zero-order valence-electron chi connectivity index (χ0n) is 19.8. The van der Waals surface area contributed by atoms with E-state index in [1.165, 1.54) is 7.11 Å². The van der Waals surface area contributed by atoms with Gasteiger partial charge in [0.1, 0.15) is 6.04 Å². The minimum Gasteiger partial charge on any atom is -0.453 e. The third-order valence-corrected chi connectivity index (χ3v) is 6.98. The van der Waals surface area contributed by atoms with E-state index in [1.54, 1.807) is 29.2 Å². The van der Waals surface area contributed by atoms with Crippen molar-refractivity contribution < 1.29 is 19.1 Å².